The van der Waals surface area contributed by atoms with Crippen molar-refractivity contribution in [1.82, 2.24) is 4.90 Å². The lowest BCUT2D eigenvalue weighted by Crippen LogP contribution is -2.63. The number of alkyl halides is 2. The Kier molecular flexibility index (Phi) is 2.69. The van der Waals surface area contributed by atoms with Gasteiger partial charge in [-0.3, -0.25) is 9.69 Å². The fourth-order valence-corrected chi connectivity index (χ4v) is 2.73. The van der Waals surface area contributed by atoms with Crippen LogP contribution in [0.3, 0.4) is 0 Å². The number of hydrogen-bond acceptors (Lipinski definition) is 2. The van der Waals surface area contributed by atoms with Crippen molar-refractivity contribution in [2.75, 3.05) is 6.54 Å². The van der Waals surface area contributed by atoms with Crippen molar-refractivity contribution >= 4 is 5.97 Å². The highest BCUT2D eigenvalue weighted by Gasteiger charge is 2.49. The summed E-state index contributed by atoms with van der Waals surface area (Å²) in [4.78, 5) is 12.8. The lowest BCUT2D eigenvalue weighted by Gasteiger charge is -2.53. The minimum absolute atomic E-state index is 0.119. The van der Waals surface area contributed by atoms with Crippen molar-refractivity contribution in [2.45, 2.75) is 56.5 Å². The molecule has 16 heavy (non-hydrogen) atoms. The molecule has 0 aromatic carbocycles. The van der Waals surface area contributed by atoms with Crippen LogP contribution in [0.25, 0.3) is 0 Å². The molecule has 1 saturated carbocycles. The first-order valence-electron chi connectivity index (χ1n) is 5.71. The van der Waals surface area contributed by atoms with E-state index in [0.717, 1.165) is 6.54 Å². The maximum atomic E-state index is 13.1. The van der Waals surface area contributed by atoms with Crippen LogP contribution in [0.1, 0.15) is 39.0 Å². The Balaban J connectivity index is 2.02. The van der Waals surface area contributed by atoms with Gasteiger partial charge in [0.25, 0.3) is 0 Å². The SMILES string of the molecule is CC1(N2CCC2C(=O)O)CCC(F)(F)CC1. The fourth-order valence-electron chi connectivity index (χ4n) is 2.73. The lowest BCUT2D eigenvalue weighted by atomic mass is 9.77. The standard InChI is InChI=1S/C11H17F2NO2/c1-10(3-5-11(12,13)6-4-10)14-7-2-8(14)9(15)16/h8H,2-7H2,1H3,(H,15,16). The fraction of sp³-hybridized carbons (Fsp3) is 0.909. The number of carboxylic acid groups (broad SMARTS) is 1. The van der Waals surface area contributed by atoms with Crippen molar-refractivity contribution in [1.29, 1.82) is 0 Å². The normalized spacial score (nSPS) is 33.1. The van der Waals surface area contributed by atoms with E-state index < -0.39 is 17.9 Å². The van der Waals surface area contributed by atoms with Gasteiger partial charge < -0.3 is 5.11 Å². The first-order valence-corrected chi connectivity index (χ1v) is 5.71. The van der Waals surface area contributed by atoms with Gasteiger partial charge in [0.2, 0.25) is 5.92 Å². The molecule has 1 unspecified atom stereocenters. The molecule has 0 radical (unpaired) electrons. The van der Waals surface area contributed by atoms with Gasteiger partial charge in [-0.05, 0) is 26.2 Å². The van der Waals surface area contributed by atoms with Crippen LogP contribution in [0, 0.1) is 0 Å². The third-order valence-electron chi connectivity index (χ3n) is 4.06. The van der Waals surface area contributed by atoms with Gasteiger partial charge in [-0.25, -0.2) is 8.78 Å². The molecule has 92 valence electrons. The molecular weight excluding hydrogens is 216 g/mol. The van der Waals surface area contributed by atoms with Gasteiger partial charge in [0, 0.05) is 24.9 Å². The zero-order chi connectivity index (χ0) is 12.0. The number of carbonyl (C=O) groups is 1. The summed E-state index contributed by atoms with van der Waals surface area (Å²) in [6.45, 7) is 2.64. The summed E-state index contributed by atoms with van der Waals surface area (Å²) >= 11 is 0. The Morgan fingerprint density at radius 3 is 2.25 bits per heavy atom. The molecule has 0 spiro atoms. The predicted octanol–water partition coefficient (Wildman–Crippen LogP) is 2.11. The van der Waals surface area contributed by atoms with Gasteiger partial charge in [0.1, 0.15) is 6.04 Å². The quantitative estimate of drug-likeness (QED) is 0.794. The van der Waals surface area contributed by atoms with Crippen LogP contribution in [0.5, 0.6) is 0 Å². The summed E-state index contributed by atoms with van der Waals surface area (Å²) < 4.78 is 26.1. The number of hydrogen-bond donors (Lipinski definition) is 1. The molecule has 1 aliphatic carbocycles. The van der Waals surface area contributed by atoms with E-state index in [-0.39, 0.29) is 18.4 Å². The van der Waals surface area contributed by atoms with Crippen LogP contribution in [-0.4, -0.2) is 40.0 Å². The third kappa shape index (κ3) is 1.93. The molecule has 0 amide bonds. The molecule has 2 aliphatic rings. The van der Waals surface area contributed by atoms with Gasteiger partial charge in [-0.2, -0.15) is 0 Å². The molecule has 1 saturated heterocycles. The van der Waals surface area contributed by atoms with Crippen molar-refractivity contribution in [2.24, 2.45) is 0 Å². The van der Waals surface area contributed by atoms with Gasteiger partial charge >= 0.3 is 5.97 Å². The number of aliphatic carboxylic acids is 1. The Morgan fingerprint density at radius 2 is 1.88 bits per heavy atom. The molecule has 0 bridgehead atoms. The smallest absolute Gasteiger partial charge is 0.320 e. The van der Waals surface area contributed by atoms with E-state index in [1.807, 2.05) is 11.8 Å². The molecule has 3 nitrogen and oxygen atoms in total. The van der Waals surface area contributed by atoms with Crippen LogP contribution < -0.4 is 0 Å². The van der Waals surface area contributed by atoms with E-state index >= 15 is 0 Å². The van der Waals surface area contributed by atoms with E-state index in [1.54, 1.807) is 0 Å². The average Bonchev–Trinajstić information content (AvgIpc) is 2.08. The van der Waals surface area contributed by atoms with Crippen molar-refractivity contribution in [3.05, 3.63) is 0 Å². The van der Waals surface area contributed by atoms with Gasteiger partial charge in [0.15, 0.2) is 0 Å². The highest BCUT2D eigenvalue weighted by atomic mass is 19.3. The third-order valence-corrected chi connectivity index (χ3v) is 4.06. The molecule has 0 aromatic heterocycles. The van der Waals surface area contributed by atoms with Crippen LogP contribution in [0.4, 0.5) is 8.78 Å². The molecule has 0 aromatic rings. The Morgan fingerprint density at radius 1 is 1.31 bits per heavy atom. The van der Waals surface area contributed by atoms with E-state index in [9.17, 15) is 13.6 Å². The molecular formula is C11H17F2NO2. The minimum atomic E-state index is -2.55. The molecule has 1 heterocycles. The second-order valence-corrected chi connectivity index (χ2v) is 5.19. The first-order chi connectivity index (χ1) is 7.34. The predicted molar refractivity (Wildman–Crippen MR) is 54.6 cm³/mol. The van der Waals surface area contributed by atoms with E-state index in [1.165, 1.54) is 0 Å². The summed E-state index contributed by atoms with van der Waals surface area (Å²) in [6, 6.07) is -0.461. The summed E-state index contributed by atoms with van der Waals surface area (Å²) in [7, 11) is 0. The average molecular weight is 233 g/mol. The summed E-state index contributed by atoms with van der Waals surface area (Å²) in [5.74, 6) is -3.38. The number of nitrogens with zero attached hydrogens (tertiary/aromatic N) is 1. The monoisotopic (exact) mass is 233 g/mol. The lowest BCUT2D eigenvalue weighted by molar-refractivity contribution is -0.159. The number of likely N-dealkylation sites (tertiary alicyclic amines) is 1. The topological polar surface area (TPSA) is 40.5 Å². The maximum absolute atomic E-state index is 13.1. The summed E-state index contributed by atoms with van der Waals surface area (Å²) in [5.41, 5.74) is -0.344. The largest absolute Gasteiger partial charge is 0.480 e. The Labute approximate surface area is 93.4 Å². The van der Waals surface area contributed by atoms with E-state index in [4.69, 9.17) is 5.11 Å². The Bertz CT molecular complexity index is 296. The van der Waals surface area contributed by atoms with Crippen LogP contribution >= 0.6 is 0 Å². The number of halogens is 2. The highest BCUT2D eigenvalue weighted by molar-refractivity contribution is 5.74. The number of carboxylic acids is 1. The maximum Gasteiger partial charge on any atom is 0.320 e. The summed E-state index contributed by atoms with van der Waals surface area (Å²) in [5, 5.41) is 8.96. The van der Waals surface area contributed by atoms with Gasteiger partial charge in [-0.1, -0.05) is 0 Å². The second-order valence-electron chi connectivity index (χ2n) is 5.19. The first kappa shape index (κ1) is 11.8. The van der Waals surface area contributed by atoms with E-state index in [0.29, 0.717) is 19.3 Å². The van der Waals surface area contributed by atoms with Crippen LogP contribution in [0.2, 0.25) is 0 Å². The van der Waals surface area contributed by atoms with Crippen molar-refractivity contribution < 1.29 is 18.7 Å². The van der Waals surface area contributed by atoms with Crippen LogP contribution in [-0.2, 0) is 4.79 Å². The van der Waals surface area contributed by atoms with Gasteiger partial charge in [0.05, 0.1) is 0 Å². The van der Waals surface area contributed by atoms with Crippen molar-refractivity contribution in [3.8, 4) is 0 Å². The minimum Gasteiger partial charge on any atom is -0.480 e. The molecule has 2 fully saturated rings. The molecule has 5 heteroatoms. The molecule has 1 N–H and O–H groups in total. The Hall–Kier alpha value is -0.710. The highest BCUT2D eigenvalue weighted by Crippen LogP contribution is 2.44. The van der Waals surface area contributed by atoms with Gasteiger partial charge in [-0.15, -0.1) is 0 Å². The number of rotatable bonds is 2. The molecule has 1 aliphatic heterocycles. The summed E-state index contributed by atoms with van der Waals surface area (Å²) in [6.07, 6.45) is 1.19. The zero-order valence-corrected chi connectivity index (χ0v) is 9.38. The second kappa shape index (κ2) is 3.65. The van der Waals surface area contributed by atoms with E-state index in [2.05, 4.69) is 0 Å². The zero-order valence-electron chi connectivity index (χ0n) is 9.38. The molecule has 1 atom stereocenters. The van der Waals surface area contributed by atoms with Crippen molar-refractivity contribution in [3.63, 3.8) is 0 Å². The van der Waals surface area contributed by atoms with Crippen LogP contribution in [0.15, 0.2) is 0 Å². The molecule has 2 rings (SSSR count).